The van der Waals surface area contributed by atoms with Gasteiger partial charge in [-0.25, -0.2) is 4.98 Å². The smallest absolute Gasteiger partial charge is 0.311 e. The highest BCUT2D eigenvalue weighted by Crippen LogP contribution is 2.20. The number of benzene rings is 1. The van der Waals surface area contributed by atoms with Gasteiger partial charge in [0.05, 0.1) is 25.3 Å². The van der Waals surface area contributed by atoms with Crippen molar-refractivity contribution < 1.29 is 23.8 Å². The molecule has 0 aliphatic heterocycles. The molecule has 0 saturated carbocycles. The minimum Gasteiger partial charge on any atom is -0.493 e. The third-order valence-corrected chi connectivity index (χ3v) is 3.99. The topological polar surface area (TPSA) is 86.8 Å². The minimum absolute atomic E-state index is 0.0832. The lowest BCUT2D eigenvalue weighted by molar-refractivity contribution is -0.142. The van der Waals surface area contributed by atoms with Crippen LogP contribution in [0.15, 0.2) is 29.6 Å². The van der Waals surface area contributed by atoms with Crippen LogP contribution in [0.3, 0.4) is 0 Å². The van der Waals surface area contributed by atoms with E-state index in [0.29, 0.717) is 41.5 Å². The van der Waals surface area contributed by atoms with E-state index < -0.39 is 0 Å². The van der Waals surface area contributed by atoms with E-state index in [1.807, 2.05) is 12.1 Å². The van der Waals surface area contributed by atoms with Crippen LogP contribution >= 0.6 is 11.3 Å². The summed E-state index contributed by atoms with van der Waals surface area (Å²) in [6.07, 6.45) is 0.0832. The zero-order chi connectivity index (χ0) is 19.6. The molecule has 7 nitrogen and oxygen atoms in total. The first-order chi connectivity index (χ1) is 13.0. The van der Waals surface area contributed by atoms with Gasteiger partial charge in [0.1, 0.15) is 11.5 Å². The Morgan fingerprint density at radius 2 is 1.96 bits per heavy atom. The number of aromatic nitrogens is 1. The summed E-state index contributed by atoms with van der Waals surface area (Å²) in [4.78, 5) is 27.7. The Morgan fingerprint density at radius 3 is 2.67 bits per heavy atom. The number of carbonyl (C=O) groups excluding carboxylic acids is 2. The monoisotopic (exact) mass is 392 g/mol. The second-order valence-electron chi connectivity index (χ2n) is 6.14. The summed E-state index contributed by atoms with van der Waals surface area (Å²) in [6, 6.07) is 7.16. The van der Waals surface area contributed by atoms with Crippen molar-refractivity contribution in [1.82, 2.24) is 4.98 Å². The van der Waals surface area contributed by atoms with Crippen molar-refractivity contribution in [3.63, 3.8) is 0 Å². The summed E-state index contributed by atoms with van der Waals surface area (Å²) in [7, 11) is 0. The summed E-state index contributed by atoms with van der Waals surface area (Å²) in [5.74, 6) is 0.996. The Morgan fingerprint density at radius 1 is 1.22 bits per heavy atom. The number of ether oxygens (including phenoxy) is 3. The summed E-state index contributed by atoms with van der Waals surface area (Å²) in [5.41, 5.74) is 0.560. The molecule has 27 heavy (non-hydrogen) atoms. The van der Waals surface area contributed by atoms with E-state index in [0.717, 1.165) is 0 Å². The number of thiazole rings is 1. The fraction of sp³-hybridized carbons (Fsp3) is 0.421. The fourth-order valence-electron chi connectivity index (χ4n) is 2.03. The van der Waals surface area contributed by atoms with E-state index in [1.165, 1.54) is 11.3 Å². The van der Waals surface area contributed by atoms with Crippen LogP contribution in [0.5, 0.6) is 11.5 Å². The van der Waals surface area contributed by atoms with Crippen molar-refractivity contribution in [3.05, 3.63) is 35.3 Å². The van der Waals surface area contributed by atoms with Crippen molar-refractivity contribution in [2.45, 2.75) is 27.2 Å². The van der Waals surface area contributed by atoms with Gasteiger partial charge < -0.3 is 14.2 Å². The number of hydrogen-bond acceptors (Lipinski definition) is 7. The Labute approximate surface area is 162 Å². The summed E-state index contributed by atoms with van der Waals surface area (Å²) in [5, 5.41) is 4.78. The van der Waals surface area contributed by atoms with Gasteiger partial charge in [-0.2, -0.15) is 0 Å². The van der Waals surface area contributed by atoms with Gasteiger partial charge in [0.2, 0.25) is 0 Å². The molecule has 1 amide bonds. The highest BCUT2D eigenvalue weighted by atomic mass is 32.1. The largest absolute Gasteiger partial charge is 0.493 e. The Hall–Kier alpha value is -2.61. The highest BCUT2D eigenvalue weighted by Gasteiger charge is 2.11. The predicted molar refractivity (Wildman–Crippen MR) is 103 cm³/mol. The molecule has 0 aliphatic rings. The van der Waals surface area contributed by atoms with E-state index in [9.17, 15) is 9.59 Å². The third kappa shape index (κ3) is 7.65. The summed E-state index contributed by atoms with van der Waals surface area (Å²) < 4.78 is 16.0. The Kier molecular flexibility index (Phi) is 8.06. The lowest BCUT2D eigenvalue weighted by Gasteiger charge is -2.10. The van der Waals surface area contributed by atoms with E-state index in [-0.39, 0.29) is 24.9 Å². The zero-order valence-electron chi connectivity index (χ0n) is 15.7. The maximum absolute atomic E-state index is 12.0. The number of nitrogens with zero attached hydrogens (tertiary/aromatic N) is 1. The van der Waals surface area contributed by atoms with Crippen LogP contribution in [-0.2, 0) is 20.7 Å². The molecule has 0 saturated heterocycles. The molecule has 0 bridgehead atoms. The van der Waals surface area contributed by atoms with Crippen LogP contribution in [0.2, 0.25) is 0 Å². The summed E-state index contributed by atoms with van der Waals surface area (Å²) >= 11 is 1.24. The van der Waals surface area contributed by atoms with Crippen LogP contribution in [0, 0.1) is 5.92 Å². The van der Waals surface area contributed by atoms with Crippen LogP contribution in [0.1, 0.15) is 26.5 Å². The van der Waals surface area contributed by atoms with Crippen LogP contribution in [0.4, 0.5) is 5.13 Å². The zero-order valence-corrected chi connectivity index (χ0v) is 16.5. The molecule has 1 heterocycles. The van der Waals surface area contributed by atoms with Crippen molar-refractivity contribution in [2.75, 3.05) is 25.1 Å². The predicted octanol–water partition coefficient (Wildman–Crippen LogP) is 3.30. The number of anilines is 1. The molecule has 8 heteroatoms. The van der Waals surface area contributed by atoms with Gasteiger partial charge in [-0.05, 0) is 25.0 Å². The molecule has 146 valence electrons. The second-order valence-corrected chi connectivity index (χ2v) is 7.00. The normalized spacial score (nSPS) is 10.5. The first kappa shape index (κ1) is 20.7. The number of hydrogen-bond donors (Lipinski definition) is 1. The van der Waals surface area contributed by atoms with Gasteiger partial charge in [-0.1, -0.05) is 19.9 Å². The van der Waals surface area contributed by atoms with Crippen LogP contribution in [0.25, 0.3) is 0 Å². The molecule has 0 aliphatic carbocycles. The van der Waals surface area contributed by atoms with Gasteiger partial charge in [0.15, 0.2) is 11.7 Å². The fourth-order valence-corrected chi connectivity index (χ4v) is 2.75. The van der Waals surface area contributed by atoms with Gasteiger partial charge in [-0.3, -0.25) is 14.9 Å². The summed E-state index contributed by atoms with van der Waals surface area (Å²) in [6.45, 7) is 6.68. The molecule has 1 aromatic carbocycles. The Bertz CT molecular complexity index is 760. The average molecular weight is 392 g/mol. The Balaban J connectivity index is 1.80. The molecular weight excluding hydrogens is 368 g/mol. The molecular formula is C19H24N2O5S. The number of nitrogens with one attached hydrogen (secondary N) is 1. The van der Waals surface area contributed by atoms with Gasteiger partial charge in [0.25, 0.3) is 5.91 Å². The molecule has 0 spiro atoms. The maximum Gasteiger partial charge on any atom is 0.311 e. The van der Waals surface area contributed by atoms with Crippen molar-refractivity contribution in [1.29, 1.82) is 0 Å². The van der Waals surface area contributed by atoms with Crippen LogP contribution < -0.4 is 14.8 Å². The number of rotatable bonds is 10. The van der Waals surface area contributed by atoms with Crippen molar-refractivity contribution in [3.8, 4) is 11.5 Å². The van der Waals surface area contributed by atoms with Crippen molar-refractivity contribution >= 4 is 28.3 Å². The van der Waals surface area contributed by atoms with Gasteiger partial charge in [-0.15, -0.1) is 11.3 Å². The van der Waals surface area contributed by atoms with E-state index in [1.54, 1.807) is 24.4 Å². The van der Waals surface area contributed by atoms with E-state index >= 15 is 0 Å². The quantitative estimate of drug-likeness (QED) is 0.624. The highest BCUT2D eigenvalue weighted by molar-refractivity contribution is 7.13. The molecule has 1 N–H and O–H groups in total. The number of amides is 1. The van der Waals surface area contributed by atoms with Gasteiger partial charge in [0, 0.05) is 11.4 Å². The minimum atomic E-state index is -0.344. The maximum atomic E-state index is 12.0. The first-order valence-electron chi connectivity index (χ1n) is 8.71. The van der Waals surface area contributed by atoms with E-state index in [2.05, 4.69) is 24.1 Å². The van der Waals surface area contributed by atoms with E-state index in [4.69, 9.17) is 14.2 Å². The average Bonchev–Trinajstić information content (AvgIpc) is 3.05. The molecule has 0 atom stereocenters. The van der Waals surface area contributed by atoms with Gasteiger partial charge >= 0.3 is 5.97 Å². The molecule has 2 rings (SSSR count). The molecule has 0 radical (unpaired) electrons. The number of carbonyl (C=O) groups is 2. The molecule has 2 aromatic rings. The first-order valence-corrected chi connectivity index (χ1v) is 9.59. The second kappa shape index (κ2) is 10.5. The third-order valence-electron chi connectivity index (χ3n) is 3.19. The molecule has 0 unspecified atom stereocenters. The molecule has 0 fully saturated rings. The SMILES string of the molecule is CCOC(=O)Cc1csc(NC(=O)COc2cccc(OCC(C)C)c2)n1. The number of esters is 1. The van der Waals surface area contributed by atoms with Crippen molar-refractivity contribution in [2.24, 2.45) is 5.92 Å². The molecule has 1 aromatic heterocycles. The lowest BCUT2D eigenvalue weighted by atomic mass is 10.2. The van der Waals surface area contributed by atoms with Crippen LogP contribution in [-0.4, -0.2) is 36.7 Å². The lowest BCUT2D eigenvalue weighted by Crippen LogP contribution is -2.20. The standard InChI is InChI=1S/C19H24N2O5S/c1-4-24-18(23)8-14-12-27-19(20-14)21-17(22)11-26-16-7-5-6-15(9-16)25-10-13(2)3/h5-7,9,12-13H,4,8,10-11H2,1-3H3,(H,20,21,22).